The highest BCUT2D eigenvalue weighted by atomic mass is 16.7. The van der Waals surface area contributed by atoms with E-state index in [-0.39, 0.29) is 12.9 Å². The van der Waals surface area contributed by atoms with Gasteiger partial charge in [-0.25, -0.2) is 4.98 Å². The van der Waals surface area contributed by atoms with Gasteiger partial charge in [0, 0.05) is 54.3 Å². The van der Waals surface area contributed by atoms with Gasteiger partial charge in [0.2, 0.25) is 6.79 Å². The third kappa shape index (κ3) is 3.10. The van der Waals surface area contributed by atoms with Crippen molar-refractivity contribution < 1.29 is 14.2 Å². The van der Waals surface area contributed by atoms with Crippen LogP contribution in [0.1, 0.15) is 24.2 Å². The first-order valence-electron chi connectivity index (χ1n) is 11.0. The molecular weight excluding hydrogens is 406 g/mol. The maximum absolute atomic E-state index is 5.82. The van der Waals surface area contributed by atoms with Crippen LogP contribution in [0.2, 0.25) is 0 Å². The first-order chi connectivity index (χ1) is 15.7. The predicted octanol–water partition coefficient (Wildman–Crippen LogP) is 4.12. The van der Waals surface area contributed by atoms with Crippen LogP contribution >= 0.6 is 0 Å². The summed E-state index contributed by atoms with van der Waals surface area (Å²) < 4.78 is 21.2. The lowest BCUT2D eigenvalue weighted by atomic mass is 10.1. The summed E-state index contributed by atoms with van der Waals surface area (Å²) in [5.74, 6) is 2.52. The van der Waals surface area contributed by atoms with E-state index in [1.807, 2.05) is 18.3 Å². The fourth-order valence-electron chi connectivity index (χ4n) is 4.70. The SMILES string of the molecule is Cc1cc(-c2nc3cnccn3c2NC[C@@H]2CCCO2)c(C)n1-c1ccc2c(c1)OCO2. The molecule has 3 aromatic heterocycles. The van der Waals surface area contributed by atoms with Crippen molar-refractivity contribution in [2.45, 2.75) is 32.8 Å². The second kappa shape index (κ2) is 7.56. The second-order valence-corrected chi connectivity index (χ2v) is 8.29. The smallest absolute Gasteiger partial charge is 0.231 e. The summed E-state index contributed by atoms with van der Waals surface area (Å²) in [6.45, 7) is 6.09. The molecule has 1 N–H and O–H groups in total. The second-order valence-electron chi connectivity index (χ2n) is 8.29. The minimum atomic E-state index is 0.233. The molecular formula is C24H25N5O3. The highest BCUT2D eigenvalue weighted by Crippen LogP contribution is 2.38. The maximum atomic E-state index is 5.82. The largest absolute Gasteiger partial charge is 0.454 e. The van der Waals surface area contributed by atoms with Gasteiger partial charge in [-0.1, -0.05) is 0 Å². The van der Waals surface area contributed by atoms with Crippen molar-refractivity contribution in [2.24, 2.45) is 0 Å². The van der Waals surface area contributed by atoms with E-state index in [1.54, 1.807) is 12.4 Å². The molecule has 8 nitrogen and oxygen atoms in total. The molecule has 0 amide bonds. The lowest BCUT2D eigenvalue weighted by Gasteiger charge is -2.13. The van der Waals surface area contributed by atoms with Crippen molar-refractivity contribution in [3.8, 4) is 28.4 Å². The van der Waals surface area contributed by atoms with Crippen LogP contribution in [0.4, 0.5) is 5.82 Å². The minimum absolute atomic E-state index is 0.233. The molecule has 1 aromatic carbocycles. The Labute approximate surface area is 185 Å². The summed E-state index contributed by atoms with van der Waals surface area (Å²) >= 11 is 0. The van der Waals surface area contributed by atoms with E-state index in [4.69, 9.17) is 19.2 Å². The van der Waals surface area contributed by atoms with Crippen LogP contribution in [0, 0.1) is 13.8 Å². The molecule has 0 radical (unpaired) electrons. The summed E-state index contributed by atoms with van der Waals surface area (Å²) in [5.41, 5.74) is 6.07. The molecule has 2 aliphatic heterocycles. The van der Waals surface area contributed by atoms with Crippen LogP contribution in [0.25, 0.3) is 22.6 Å². The zero-order valence-electron chi connectivity index (χ0n) is 18.2. The van der Waals surface area contributed by atoms with Gasteiger partial charge in [-0.3, -0.25) is 9.38 Å². The van der Waals surface area contributed by atoms with Crippen molar-refractivity contribution in [1.29, 1.82) is 0 Å². The molecule has 4 aromatic rings. The molecule has 5 heterocycles. The Morgan fingerprint density at radius 3 is 2.94 bits per heavy atom. The number of anilines is 1. The molecule has 2 aliphatic rings. The van der Waals surface area contributed by atoms with Crippen LogP contribution in [-0.2, 0) is 4.74 Å². The average molecular weight is 431 g/mol. The van der Waals surface area contributed by atoms with E-state index in [0.717, 1.165) is 77.3 Å². The fourth-order valence-corrected chi connectivity index (χ4v) is 4.70. The number of aromatic nitrogens is 4. The maximum Gasteiger partial charge on any atom is 0.231 e. The van der Waals surface area contributed by atoms with Gasteiger partial charge >= 0.3 is 0 Å². The Morgan fingerprint density at radius 1 is 1.16 bits per heavy atom. The molecule has 0 spiro atoms. The Hall–Kier alpha value is -3.52. The van der Waals surface area contributed by atoms with Gasteiger partial charge < -0.3 is 24.1 Å². The number of nitrogens with zero attached hydrogens (tertiary/aromatic N) is 4. The zero-order chi connectivity index (χ0) is 21.7. The van der Waals surface area contributed by atoms with Gasteiger partial charge in [0.25, 0.3) is 0 Å². The van der Waals surface area contributed by atoms with Gasteiger partial charge in [0.15, 0.2) is 17.1 Å². The highest BCUT2D eigenvalue weighted by Gasteiger charge is 2.23. The predicted molar refractivity (Wildman–Crippen MR) is 121 cm³/mol. The topological polar surface area (TPSA) is 74.8 Å². The molecule has 164 valence electrons. The van der Waals surface area contributed by atoms with Gasteiger partial charge in [0.1, 0.15) is 11.5 Å². The number of benzene rings is 1. The van der Waals surface area contributed by atoms with Crippen molar-refractivity contribution in [2.75, 3.05) is 25.3 Å². The molecule has 32 heavy (non-hydrogen) atoms. The minimum Gasteiger partial charge on any atom is -0.454 e. The van der Waals surface area contributed by atoms with Crippen LogP contribution in [0.3, 0.4) is 0 Å². The lowest BCUT2D eigenvalue weighted by Crippen LogP contribution is -2.19. The molecule has 1 atom stereocenters. The fraction of sp³-hybridized carbons (Fsp3) is 0.333. The molecule has 0 saturated carbocycles. The molecule has 0 aliphatic carbocycles. The average Bonchev–Trinajstić information content (AvgIpc) is 3.58. The third-order valence-corrected chi connectivity index (χ3v) is 6.25. The number of imidazole rings is 1. The van der Waals surface area contributed by atoms with Crippen molar-refractivity contribution >= 4 is 11.5 Å². The Balaban J connectivity index is 1.44. The van der Waals surface area contributed by atoms with E-state index in [9.17, 15) is 0 Å². The Bertz CT molecular complexity index is 1300. The van der Waals surface area contributed by atoms with Gasteiger partial charge in [0.05, 0.1) is 12.3 Å². The Kier molecular flexibility index (Phi) is 4.53. The lowest BCUT2D eigenvalue weighted by molar-refractivity contribution is 0.120. The van der Waals surface area contributed by atoms with Gasteiger partial charge in [-0.2, -0.15) is 0 Å². The number of ether oxygens (including phenoxy) is 3. The number of rotatable bonds is 5. The number of fused-ring (bicyclic) bond motifs is 2. The summed E-state index contributed by atoms with van der Waals surface area (Å²) in [4.78, 5) is 9.19. The van der Waals surface area contributed by atoms with Crippen LogP contribution in [0.15, 0.2) is 42.9 Å². The number of hydrogen-bond donors (Lipinski definition) is 1. The van der Waals surface area contributed by atoms with Gasteiger partial charge in [-0.05, 0) is 44.9 Å². The standard InChI is InChI=1S/C24H25N5O3/c1-15-10-19(16(2)29(15)17-5-6-20-21(11-17)32-14-31-20)23-24(26-12-18-4-3-9-30-18)28-8-7-25-13-22(28)27-23/h5-8,10-11,13,18,26H,3-4,9,12,14H2,1-2H3/t18-/m0/s1. The Morgan fingerprint density at radius 2 is 2.06 bits per heavy atom. The molecule has 6 rings (SSSR count). The molecule has 0 unspecified atom stereocenters. The molecule has 0 bridgehead atoms. The molecule has 1 fully saturated rings. The van der Waals surface area contributed by atoms with Crippen LogP contribution in [-0.4, -0.2) is 45.0 Å². The number of hydrogen-bond acceptors (Lipinski definition) is 6. The summed E-state index contributed by atoms with van der Waals surface area (Å²) in [6.07, 6.45) is 7.95. The van der Waals surface area contributed by atoms with Crippen molar-refractivity contribution in [3.63, 3.8) is 0 Å². The van der Waals surface area contributed by atoms with E-state index in [1.165, 1.54) is 0 Å². The summed E-state index contributed by atoms with van der Waals surface area (Å²) in [6, 6.07) is 8.23. The van der Waals surface area contributed by atoms with E-state index >= 15 is 0 Å². The van der Waals surface area contributed by atoms with Crippen LogP contribution < -0.4 is 14.8 Å². The quantitative estimate of drug-likeness (QED) is 0.512. The molecule has 1 saturated heterocycles. The van der Waals surface area contributed by atoms with E-state index < -0.39 is 0 Å². The van der Waals surface area contributed by atoms with Crippen molar-refractivity contribution in [1.82, 2.24) is 18.9 Å². The number of nitrogens with one attached hydrogen (secondary N) is 1. The van der Waals surface area contributed by atoms with Gasteiger partial charge in [-0.15, -0.1) is 0 Å². The van der Waals surface area contributed by atoms with Crippen molar-refractivity contribution in [3.05, 3.63) is 54.2 Å². The summed E-state index contributed by atoms with van der Waals surface area (Å²) in [7, 11) is 0. The molecule has 8 heteroatoms. The zero-order valence-corrected chi connectivity index (χ0v) is 18.2. The first kappa shape index (κ1) is 19.2. The third-order valence-electron chi connectivity index (χ3n) is 6.25. The monoisotopic (exact) mass is 431 g/mol. The first-order valence-corrected chi connectivity index (χ1v) is 11.0. The number of aryl methyl sites for hydroxylation is 1. The highest BCUT2D eigenvalue weighted by molar-refractivity contribution is 5.79. The van der Waals surface area contributed by atoms with E-state index in [0.29, 0.717) is 0 Å². The summed E-state index contributed by atoms with van der Waals surface area (Å²) in [5, 5.41) is 3.61. The normalized spacial score (nSPS) is 17.4. The van der Waals surface area contributed by atoms with E-state index in [2.05, 4.69) is 45.2 Å². The van der Waals surface area contributed by atoms with Crippen LogP contribution in [0.5, 0.6) is 11.5 Å².